The van der Waals surface area contributed by atoms with E-state index in [9.17, 15) is 13.6 Å². The lowest BCUT2D eigenvalue weighted by Crippen LogP contribution is -2.47. The van der Waals surface area contributed by atoms with E-state index >= 15 is 0 Å². The number of anilines is 2. The third kappa shape index (κ3) is 3.57. The van der Waals surface area contributed by atoms with Crippen LogP contribution < -0.4 is 15.4 Å². The van der Waals surface area contributed by atoms with E-state index in [2.05, 4.69) is 24.8 Å². The highest BCUT2D eigenvalue weighted by atomic mass is 19.3. The van der Waals surface area contributed by atoms with Crippen LogP contribution in [-0.4, -0.2) is 52.1 Å². The van der Waals surface area contributed by atoms with E-state index in [-0.39, 0.29) is 0 Å². The van der Waals surface area contributed by atoms with Crippen LogP contribution in [0.2, 0.25) is 0 Å². The molecule has 27 heavy (non-hydrogen) atoms. The molecule has 1 aromatic carbocycles. The van der Waals surface area contributed by atoms with Crippen LogP contribution in [0.25, 0.3) is 10.9 Å². The van der Waals surface area contributed by atoms with Crippen molar-refractivity contribution in [2.45, 2.75) is 13.0 Å². The maximum atomic E-state index is 12.6. The van der Waals surface area contributed by atoms with Crippen LogP contribution in [0, 0.1) is 0 Å². The second kappa shape index (κ2) is 7.26. The number of alkyl halides is 2. The van der Waals surface area contributed by atoms with E-state index in [4.69, 9.17) is 0 Å². The number of piperazine rings is 1. The second-order valence-corrected chi connectivity index (χ2v) is 6.32. The Morgan fingerprint density at radius 3 is 2.41 bits per heavy atom. The predicted molar refractivity (Wildman–Crippen MR) is 98.5 cm³/mol. The van der Waals surface area contributed by atoms with E-state index in [1.54, 1.807) is 24.5 Å². The molecule has 4 rings (SSSR count). The maximum Gasteiger partial charge on any atom is 0.261 e. The minimum absolute atomic E-state index is 0.346. The van der Waals surface area contributed by atoms with Gasteiger partial charge in [-0.15, -0.1) is 0 Å². The van der Waals surface area contributed by atoms with Crippen LogP contribution in [0.15, 0.2) is 47.8 Å². The number of hydrogen-bond acceptors (Lipinski definition) is 6. The molecule has 1 saturated heterocycles. The van der Waals surface area contributed by atoms with Crippen molar-refractivity contribution >= 4 is 22.5 Å². The van der Waals surface area contributed by atoms with E-state index in [1.165, 1.54) is 6.33 Å². The summed E-state index contributed by atoms with van der Waals surface area (Å²) in [6.45, 7) is 2.49. The second-order valence-electron chi connectivity index (χ2n) is 6.32. The average Bonchev–Trinajstić information content (AvgIpc) is 2.70. The summed E-state index contributed by atoms with van der Waals surface area (Å²) in [4.78, 5) is 29.4. The minimum Gasteiger partial charge on any atom is -0.368 e. The van der Waals surface area contributed by atoms with E-state index in [0.29, 0.717) is 10.9 Å². The van der Waals surface area contributed by atoms with Gasteiger partial charge in [0.2, 0.25) is 5.95 Å². The number of aromatic nitrogens is 4. The molecule has 2 aromatic heterocycles. The molecule has 140 valence electrons. The molecule has 0 unspecified atom stereocenters. The van der Waals surface area contributed by atoms with Crippen molar-refractivity contribution in [3.63, 3.8) is 0 Å². The van der Waals surface area contributed by atoms with Gasteiger partial charge in [0, 0.05) is 44.3 Å². The summed E-state index contributed by atoms with van der Waals surface area (Å²) in [5, 5.41) is 0.346. The summed E-state index contributed by atoms with van der Waals surface area (Å²) in [6, 6.07) is 7.12. The number of rotatable bonds is 4. The number of hydrogen-bond donors (Lipinski definition) is 0. The van der Waals surface area contributed by atoms with Gasteiger partial charge in [-0.2, -0.15) is 0 Å². The molecule has 0 radical (unpaired) electrons. The first-order chi connectivity index (χ1) is 13.1. The van der Waals surface area contributed by atoms with Gasteiger partial charge in [0.05, 0.1) is 23.8 Å². The van der Waals surface area contributed by atoms with Gasteiger partial charge >= 0.3 is 0 Å². The summed E-state index contributed by atoms with van der Waals surface area (Å²) in [7, 11) is 0. The van der Waals surface area contributed by atoms with Gasteiger partial charge in [0.15, 0.2) is 0 Å². The zero-order valence-electron chi connectivity index (χ0n) is 14.5. The molecule has 0 saturated carbocycles. The normalized spacial score (nSPS) is 14.9. The van der Waals surface area contributed by atoms with Crippen molar-refractivity contribution in [2.75, 3.05) is 36.0 Å². The maximum absolute atomic E-state index is 12.6. The summed E-state index contributed by atoms with van der Waals surface area (Å²) in [6.07, 6.45) is 2.05. The van der Waals surface area contributed by atoms with Crippen molar-refractivity contribution in [3.8, 4) is 0 Å². The number of halogens is 2. The Labute approximate surface area is 153 Å². The first-order valence-corrected chi connectivity index (χ1v) is 8.66. The monoisotopic (exact) mass is 372 g/mol. The highest BCUT2D eigenvalue weighted by molar-refractivity contribution is 5.81. The lowest BCUT2D eigenvalue weighted by atomic mass is 10.2. The summed E-state index contributed by atoms with van der Waals surface area (Å²) < 4.78 is 26.1. The number of benzene rings is 1. The molecule has 0 spiro atoms. The molecule has 0 N–H and O–H groups in total. The van der Waals surface area contributed by atoms with Crippen LogP contribution in [0.1, 0.15) is 0 Å². The summed E-state index contributed by atoms with van der Waals surface area (Å²) in [5.74, 6) is 0.719. The van der Waals surface area contributed by atoms with E-state index in [0.717, 1.165) is 42.4 Å². The van der Waals surface area contributed by atoms with Gasteiger partial charge in [-0.3, -0.25) is 9.36 Å². The zero-order valence-corrected chi connectivity index (χ0v) is 14.5. The first-order valence-electron chi connectivity index (χ1n) is 8.66. The molecule has 3 aromatic rings. The lowest BCUT2D eigenvalue weighted by Gasteiger charge is -2.36. The SMILES string of the molecule is O=c1c2ccc(N3CCN(c4ncccn4)CC3)cc2ncn1CC(F)F. The van der Waals surface area contributed by atoms with Gasteiger partial charge < -0.3 is 9.80 Å². The summed E-state index contributed by atoms with van der Waals surface area (Å²) >= 11 is 0. The van der Waals surface area contributed by atoms with E-state index in [1.807, 2.05) is 12.1 Å². The van der Waals surface area contributed by atoms with Gasteiger partial charge in [-0.05, 0) is 24.3 Å². The Kier molecular flexibility index (Phi) is 4.66. The zero-order chi connectivity index (χ0) is 18.8. The molecule has 1 aliphatic heterocycles. The molecule has 0 atom stereocenters. The van der Waals surface area contributed by atoms with Gasteiger partial charge in [0.25, 0.3) is 12.0 Å². The van der Waals surface area contributed by atoms with Crippen LogP contribution in [0.3, 0.4) is 0 Å². The molecule has 1 fully saturated rings. The largest absolute Gasteiger partial charge is 0.368 e. The molecular weight excluding hydrogens is 354 g/mol. The topological polar surface area (TPSA) is 67.2 Å². The third-order valence-corrected chi connectivity index (χ3v) is 4.62. The van der Waals surface area contributed by atoms with E-state index < -0.39 is 18.5 Å². The Hall–Kier alpha value is -3.10. The fourth-order valence-corrected chi connectivity index (χ4v) is 3.24. The van der Waals surface area contributed by atoms with Crippen LogP contribution >= 0.6 is 0 Å². The third-order valence-electron chi connectivity index (χ3n) is 4.62. The number of nitrogens with zero attached hydrogens (tertiary/aromatic N) is 6. The van der Waals surface area contributed by atoms with Crippen LogP contribution in [-0.2, 0) is 6.54 Å². The van der Waals surface area contributed by atoms with Crippen molar-refractivity contribution in [1.82, 2.24) is 19.5 Å². The Morgan fingerprint density at radius 2 is 1.70 bits per heavy atom. The predicted octanol–water partition coefficient (Wildman–Crippen LogP) is 1.78. The van der Waals surface area contributed by atoms with Crippen LogP contribution in [0.4, 0.5) is 20.4 Å². The molecule has 0 amide bonds. The standard InChI is InChI=1S/C18H18F2N6O/c19-16(20)11-26-12-23-15-10-13(2-3-14(15)17(26)27)24-6-8-25(9-7-24)18-21-4-1-5-22-18/h1-5,10,12,16H,6-9,11H2. The smallest absolute Gasteiger partial charge is 0.261 e. The quantitative estimate of drug-likeness (QED) is 0.696. The van der Waals surface area contributed by atoms with Crippen molar-refractivity contribution < 1.29 is 8.78 Å². The van der Waals surface area contributed by atoms with Gasteiger partial charge in [-0.25, -0.2) is 23.7 Å². The van der Waals surface area contributed by atoms with Crippen molar-refractivity contribution in [3.05, 3.63) is 53.3 Å². The Balaban J connectivity index is 1.52. The minimum atomic E-state index is -2.59. The van der Waals surface area contributed by atoms with Crippen LogP contribution in [0.5, 0.6) is 0 Å². The molecular formula is C18H18F2N6O. The Bertz CT molecular complexity index is 986. The molecule has 9 heteroatoms. The van der Waals surface area contributed by atoms with Gasteiger partial charge in [0.1, 0.15) is 0 Å². The molecule has 3 heterocycles. The fraction of sp³-hybridized carbons (Fsp3) is 0.333. The highest BCUT2D eigenvalue weighted by Crippen LogP contribution is 2.21. The molecule has 7 nitrogen and oxygen atoms in total. The molecule has 1 aliphatic rings. The average molecular weight is 372 g/mol. The first kappa shape index (κ1) is 17.3. The Morgan fingerprint density at radius 1 is 1.00 bits per heavy atom. The molecule has 0 aliphatic carbocycles. The fourth-order valence-electron chi connectivity index (χ4n) is 3.24. The van der Waals surface area contributed by atoms with Crippen molar-refractivity contribution in [2.24, 2.45) is 0 Å². The summed E-state index contributed by atoms with van der Waals surface area (Å²) in [5.41, 5.74) is 1.02. The molecule has 0 bridgehead atoms. The highest BCUT2D eigenvalue weighted by Gasteiger charge is 2.19. The lowest BCUT2D eigenvalue weighted by molar-refractivity contribution is 0.125. The van der Waals surface area contributed by atoms with Crippen molar-refractivity contribution in [1.29, 1.82) is 0 Å². The number of fused-ring (bicyclic) bond motifs is 1. The van der Waals surface area contributed by atoms with Gasteiger partial charge in [-0.1, -0.05) is 0 Å².